The van der Waals surface area contributed by atoms with E-state index in [9.17, 15) is 42.6 Å². The number of nitrogens with two attached hydrogens (primary N) is 2. The molecule has 0 aliphatic heterocycles. The summed E-state index contributed by atoms with van der Waals surface area (Å²) in [5.74, 6) is -10.3. The molecular formula is C22H26F3N5O8. The second-order valence-corrected chi connectivity index (χ2v) is 8.40. The Balaban J connectivity index is 2.25. The van der Waals surface area contributed by atoms with E-state index in [2.05, 4.69) is 15.3 Å². The maximum Gasteiger partial charge on any atom is 0.443 e. The number of amides is 1. The topological polar surface area (TPSA) is 242 Å². The number of aromatic nitrogens is 2. The Labute approximate surface area is 212 Å². The van der Waals surface area contributed by atoms with E-state index in [-0.39, 0.29) is 41.3 Å². The van der Waals surface area contributed by atoms with Crippen molar-refractivity contribution >= 4 is 29.6 Å². The highest BCUT2D eigenvalue weighted by Crippen LogP contribution is 2.42. The van der Waals surface area contributed by atoms with Crippen LogP contribution in [0.3, 0.4) is 0 Å². The SMILES string of the molecule is Nc1nc(N)c(CCCC(c2ccc(C(=O)NC(CCC(=O)O)C(=O)O)cc2)C(O)(O)C(F)(F)F)c(=O)[nH]1. The molecule has 10 N–H and O–H groups in total. The van der Waals surface area contributed by atoms with Gasteiger partial charge in [-0.25, -0.2) is 4.79 Å². The van der Waals surface area contributed by atoms with Crippen LogP contribution in [-0.4, -0.2) is 66.2 Å². The standard InChI is InChI=1S/C22H26F3N5O8/c23-22(24,25)21(37,38)13(3-1-2-12-16(26)29-20(27)30-18(12)34)10-4-6-11(7-5-10)17(33)28-14(19(35)36)8-9-15(31)32/h4-7,13-14,37-38H,1-3,8-9H2,(H,28,33)(H,31,32)(H,35,36)(H5,26,27,29,30,34). The summed E-state index contributed by atoms with van der Waals surface area (Å²) in [6, 6.07) is 2.63. The minimum absolute atomic E-state index is 0.0469. The number of aliphatic hydroxyl groups is 2. The van der Waals surface area contributed by atoms with Gasteiger partial charge < -0.3 is 37.2 Å². The number of nitrogens with zero attached hydrogens (tertiary/aromatic N) is 1. The molecule has 1 amide bonds. The van der Waals surface area contributed by atoms with Crippen LogP contribution in [0.25, 0.3) is 0 Å². The highest BCUT2D eigenvalue weighted by Gasteiger charge is 2.58. The van der Waals surface area contributed by atoms with E-state index in [0.29, 0.717) is 0 Å². The molecule has 0 saturated carbocycles. The lowest BCUT2D eigenvalue weighted by molar-refractivity contribution is -0.358. The zero-order chi connectivity index (χ0) is 28.8. The number of carbonyl (C=O) groups is 3. The molecule has 0 aliphatic rings. The summed E-state index contributed by atoms with van der Waals surface area (Å²) in [7, 11) is 0. The number of carbonyl (C=O) groups excluding carboxylic acids is 1. The Morgan fingerprint density at radius 1 is 1.05 bits per heavy atom. The first-order valence-corrected chi connectivity index (χ1v) is 11.1. The van der Waals surface area contributed by atoms with E-state index in [1.165, 1.54) is 0 Å². The number of aliphatic carboxylic acids is 2. The number of H-pyrrole nitrogens is 1. The molecule has 2 atom stereocenters. The molecule has 13 nitrogen and oxygen atoms in total. The van der Waals surface area contributed by atoms with Gasteiger partial charge in [0.25, 0.3) is 17.3 Å². The van der Waals surface area contributed by atoms with Gasteiger partial charge in [0.15, 0.2) is 0 Å². The summed E-state index contributed by atoms with van der Waals surface area (Å²) in [6.45, 7) is 0. The van der Waals surface area contributed by atoms with Gasteiger partial charge in [-0.1, -0.05) is 12.1 Å². The van der Waals surface area contributed by atoms with Crippen molar-refractivity contribution in [1.82, 2.24) is 15.3 Å². The predicted molar refractivity (Wildman–Crippen MR) is 125 cm³/mol. The zero-order valence-electron chi connectivity index (χ0n) is 19.7. The Morgan fingerprint density at radius 3 is 2.16 bits per heavy atom. The summed E-state index contributed by atoms with van der Waals surface area (Å²) in [5.41, 5.74) is 9.88. The van der Waals surface area contributed by atoms with Crippen LogP contribution in [0, 0.1) is 0 Å². The van der Waals surface area contributed by atoms with Crippen molar-refractivity contribution in [2.45, 2.75) is 56.0 Å². The molecular weight excluding hydrogens is 519 g/mol. The Bertz CT molecular complexity index is 1230. The maximum absolute atomic E-state index is 13.5. The number of carboxylic acid groups (broad SMARTS) is 2. The lowest BCUT2D eigenvalue weighted by atomic mass is 9.84. The first kappa shape index (κ1) is 30.0. The van der Waals surface area contributed by atoms with Gasteiger partial charge in [0, 0.05) is 17.9 Å². The monoisotopic (exact) mass is 545 g/mol. The first-order valence-electron chi connectivity index (χ1n) is 11.1. The maximum atomic E-state index is 13.5. The number of hydrogen-bond acceptors (Lipinski definition) is 9. The fourth-order valence-corrected chi connectivity index (χ4v) is 3.69. The smallest absolute Gasteiger partial charge is 0.443 e. The number of anilines is 2. The van der Waals surface area contributed by atoms with Crippen LogP contribution in [0.2, 0.25) is 0 Å². The first-order chi connectivity index (χ1) is 17.5. The number of halogens is 3. The lowest BCUT2D eigenvalue weighted by Gasteiger charge is -2.33. The fourth-order valence-electron chi connectivity index (χ4n) is 3.69. The molecule has 0 bridgehead atoms. The molecule has 16 heteroatoms. The van der Waals surface area contributed by atoms with Crippen LogP contribution in [0.5, 0.6) is 0 Å². The molecule has 2 unspecified atom stereocenters. The van der Waals surface area contributed by atoms with Crippen LogP contribution in [0.15, 0.2) is 29.1 Å². The second-order valence-electron chi connectivity index (χ2n) is 8.40. The number of carboxylic acids is 2. The van der Waals surface area contributed by atoms with E-state index in [0.717, 1.165) is 24.3 Å². The summed E-state index contributed by atoms with van der Waals surface area (Å²) in [6.07, 6.45) is -7.21. The van der Waals surface area contributed by atoms with Gasteiger partial charge >= 0.3 is 18.1 Å². The van der Waals surface area contributed by atoms with Crippen molar-refractivity contribution in [3.63, 3.8) is 0 Å². The van der Waals surface area contributed by atoms with Gasteiger partial charge in [-0.15, -0.1) is 0 Å². The molecule has 1 aromatic heterocycles. The minimum Gasteiger partial charge on any atom is -0.481 e. The summed E-state index contributed by atoms with van der Waals surface area (Å²) in [5, 5.41) is 40.0. The quantitative estimate of drug-likeness (QED) is 0.169. The molecule has 0 spiro atoms. The molecule has 0 aliphatic carbocycles. The molecule has 38 heavy (non-hydrogen) atoms. The highest BCUT2D eigenvalue weighted by atomic mass is 19.4. The average molecular weight is 545 g/mol. The van der Waals surface area contributed by atoms with Gasteiger partial charge in [-0.2, -0.15) is 18.2 Å². The van der Waals surface area contributed by atoms with Crippen molar-refractivity contribution in [2.75, 3.05) is 11.5 Å². The minimum atomic E-state index is -5.47. The van der Waals surface area contributed by atoms with Gasteiger partial charge in [0.2, 0.25) is 5.95 Å². The summed E-state index contributed by atoms with van der Waals surface area (Å²) < 4.78 is 40.5. The second kappa shape index (κ2) is 11.9. The van der Waals surface area contributed by atoms with E-state index in [1.807, 2.05) is 0 Å². The number of nitrogen functional groups attached to an aromatic ring is 2. The Hall–Kier alpha value is -4.18. The zero-order valence-corrected chi connectivity index (χ0v) is 19.7. The van der Waals surface area contributed by atoms with Crippen LogP contribution >= 0.6 is 0 Å². The molecule has 0 radical (unpaired) electrons. The molecule has 0 fully saturated rings. The van der Waals surface area contributed by atoms with Crippen molar-refractivity contribution in [2.24, 2.45) is 0 Å². The normalized spacial score (nSPS) is 13.5. The highest BCUT2D eigenvalue weighted by molar-refractivity contribution is 5.96. The van der Waals surface area contributed by atoms with E-state index in [4.69, 9.17) is 21.7 Å². The van der Waals surface area contributed by atoms with Gasteiger partial charge in [-0.3, -0.25) is 19.4 Å². The predicted octanol–water partition coefficient (Wildman–Crippen LogP) is 0.332. The van der Waals surface area contributed by atoms with Gasteiger partial charge in [-0.05, 0) is 43.4 Å². The van der Waals surface area contributed by atoms with Crippen molar-refractivity contribution in [3.8, 4) is 0 Å². The lowest BCUT2D eigenvalue weighted by Crippen LogP contribution is -2.50. The third-order valence-electron chi connectivity index (χ3n) is 5.71. The Morgan fingerprint density at radius 2 is 1.66 bits per heavy atom. The van der Waals surface area contributed by atoms with E-state index in [1.54, 1.807) is 0 Å². The Kier molecular flexibility index (Phi) is 9.42. The number of rotatable bonds is 12. The fraction of sp³-hybridized carbons (Fsp3) is 0.409. The van der Waals surface area contributed by atoms with Crippen molar-refractivity contribution in [1.29, 1.82) is 0 Å². The molecule has 208 valence electrons. The van der Waals surface area contributed by atoms with Crippen molar-refractivity contribution in [3.05, 3.63) is 51.3 Å². The van der Waals surface area contributed by atoms with E-state index < -0.39 is 66.6 Å². The molecule has 0 saturated heterocycles. The number of nitrogens with one attached hydrogen (secondary N) is 2. The van der Waals surface area contributed by atoms with E-state index >= 15 is 0 Å². The number of alkyl halides is 3. The van der Waals surface area contributed by atoms with Gasteiger partial charge in [0.05, 0.1) is 5.56 Å². The number of aromatic amines is 1. The van der Waals surface area contributed by atoms with Crippen LogP contribution < -0.4 is 22.3 Å². The molecule has 1 aromatic carbocycles. The number of benzene rings is 1. The van der Waals surface area contributed by atoms with Crippen LogP contribution in [0.4, 0.5) is 24.9 Å². The van der Waals surface area contributed by atoms with Gasteiger partial charge in [0.1, 0.15) is 11.9 Å². The van der Waals surface area contributed by atoms with Crippen LogP contribution in [-0.2, 0) is 16.0 Å². The van der Waals surface area contributed by atoms with Crippen molar-refractivity contribution < 1.29 is 48.0 Å². The number of hydrogen-bond donors (Lipinski definition) is 8. The summed E-state index contributed by atoms with van der Waals surface area (Å²) >= 11 is 0. The molecule has 1 heterocycles. The van der Waals surface area contributed by atoms with Crippen LogP contribution in [0.1, 0.15) is 53.1 Å². The largest absolute Gasteiger partial charge is 0.481 e. The average Bonchev–Trinajstić information content (AvgIpc) is 2.79. The molecule has 2 aromatic rings. The third kappa shape index (κ3) is 7.42. The molecule has 2 rings (SSSR count). The third-order valence-corrected chi connectivity index (χ3v) is 5.71. The summed E-state index contributed by atoms with van der Waals surface area (Å²) in [4.78, 5) is 52.3.